The fraction of sp³-hybridized carbons (Fsp3) is 0.429. The SMILES string of the molecule is COc1cc2c(cc1Br)N1C(CC2)C(C(=O)ONC(C)(C)C)=NC1c1cccs1. The van der Waals surface area contributed by atoms with Gasteiger partial charge in [0.1, 0.15) is 11.5 Å². The Morgan fingerprint density at radius 3 is 2.83 bits per heavy atom. The first-order valence-electron chi connectivity index (χ1n) is 9.52. The van der Waals surface area contributed by atoms with Gasteiger partial charge in [-0.3, -0.25) is 0 Å². The number of aliphatic imine (C=N–C) groups is 1. The molecule has 0 spiro atoms. The van der Waals surface area contributed by atoms with Gasteiger partial charge >= 0.3 is 5.97 Å². The van der Waals surface area contributed by atoms with Crippen molar-refractivity contribution in [2.24, 2.45) is 4.99 Å². The monoisotopic (exact) mass is 477 g/mol. The molecule has 8 heteroatoms. The molecule has 0 fully saturated rings. The normalized spacial score (nSPS) is 20.7. The van der Waals surface area contributed by atoms with E-state index in [2.05, 4.69) is 44.5 Å². The van der Waals surface area contributed by atoms with Crippen molar-refractivity contribution in [2.45, 2.75) is 51.4 Å². The van der Waals surface area contributed by atoms with E-state index in [0.717, 1.165) is 33.6 Å². The molecule has 0 saturated carbocycles. The largest absolute Gasteiger partial charge is 0.496 e. The molecular formula is C21H24BrN3O3S. The Bertz CT molecular complexity index is 953. The standard InChI is InChI=1S/C21H24BrN3O3S/c1-21(2,3)24-28-20(26)18-14-8-7-12-10-16(27-4)13(22)11-15(12)25(14)19(23-18)17-6-5-9-29-17/h5-6,9-11,14,19,24H,7-8H2,1-4H3. The number of nitrogens with zero attached hydrogens (tertiary/aromatic N) is 2. The summed E-state index contributed by atoms with van der Waals surface area (Å²) in [6, 6.07) is 8.09. The smallest absolute Gasteiger partial charge is 0.373 e. The van der Waals surface area contributed by atoms with Crippen molar-refractivity contribution in [2.75, 3.05) is 12.0 Å². The second kappa shape index (κ2) is 7.74. The van der Waals surface area contributed by atoms with E-state index < -0.39 is 5.97 Å². The van der Waals surface area contributed by atoms with Crippen LogP contribution >= 0.6 is 27.3 Å². The number of anilines is 1. The van der Waals surface area contributed by atoms with Gasteiger partial charge < -0.3 is 14.5 Å². The van der Waals surface area contributed by atoms with E-state index in [-0.39, 0.29) is 17.7 Å². The van der Waals surface area contributed by atoms with E-state index in [1.165, 1.54) is 5.56 Å². The van der Waals surface area contributed by atoms with Crippen LogP contribution in [0.4, 0.5) is 5.69 Å². The number of benzene rings is 1. The highest BCUT2D eigenvalue weighted by atomic mass is 79.9. The third kappa shape index (κ3) is 3.93. The molecule has 6 nitrogen and oxygen atoms in total. The lowest BCUT2D eigenvalue weighted by Crippen LogP contribution is -2.46. The summed E-state index contributed by atoms with van der Waals surface area (Å²) in [5.41, 5.74) is 5.22. The van der Waals surface area contributed by atoms with Crippen molar-refractivity contribution < 1.29 is 14.4 Å². The summed E-state index contributed by atoms with van der Waals surface area (Å²) in [7, 11) is 1.67. The number of ether oxygens (including phenoxy) is 1. The lowest BCUT2D eigenvalue weighted by molar-refractivity contribution is -0.146. The molecule has 29 heavy (non-hydrogen) atoms. The van der Waals surface area contributed by atoms with Gasteiger partial charge in [-0.2, -0.15) is 0 Å². The Labute approximate surface area is 183 Å². The first kappa shape index (κ1) is 20.4. The third-order valence-corrected chi connectivity index (χ3v) is 6.48. The maximum absolute atomic E-state index is 12.9. The minimum absolute atomic E-state index is 0.121. The maximum atomic E-state index is 12.9. The zero-order valence-corrected chi connectivity index (χ0v) is 19.3. The first-order valence-corrected chi connectivity index (χ1v) is 11.2. The number of hydrogen-bond acceptors (Lipinski definition) is 7. The van der Waals surface area contributed by atoms with Gasteiger partial charge in [0.15, 0.2) is 6.17 Å². The quantitative estimate of drug-likeness (QED) is 0.649. The van der Waals surface area contributed by atoms with E-state index in [0.29, 0.717) is 5.71 Å². The van der Waals surface area contributed by atoms with Crippen LogP contribution in [0, 0.1) is 0 Å². The third-order valence-electron chi connectivity index (χ3n) is 4.95. The van der Waals surface area contributed by atoms with Crippen LogP contribution < -0.4 is 15.1 Å². The van der Waals surface area contributed by atoms with Gasteiger partial charge in [-0.15, -0.1) is 16.8 Å². The molecule has 0 saturated heterocycles. The van der Waals surface area contributed by atoms with E-state index >= 15 is 0 Å². The molecule has 2 unspecified atom stereocenters. The predicted molar refractivity (Wildman–Crippen MR) is 119 cm³/mol. The molecular weight excluding hydrogens is 454 g/mol. The Hall–Kier alpha value is -1.90. The van der Waals surface area contributed by atoms with Gasteiger partial charge in [-0.25, -0.2) is 9.79 Å². The second-order valence-corrected chi connectivity index (χ2v) is 10.1. The Balaban J connectivity index is 1.72. The molecule has 0 aliphatic carbocycles. The van der Waals surface area contributed by atoms with Crippen molar-refractivity contribution >= 4 is 44.6 Å². The molecule has 2 aliphatic heterocycles. The van der Waals surface area contributed by atoms with Crippen molar-refractivity contribution in [3.8, 4) is 5.75 Å². The molecule has 3 heterocycles. The Kier molecular flexibility index (Phi) is 5.44. The van der Waals surface area contributed by atoms with Crippen LogP contribution in [0.2, 0.25) is 0 Å². The second-order valence-electron chi connectivity index (χ2n) is 8.22. The van der Waals surface area contributed by atoms with E-state index in [1.807, 2.05) is 32.2 Å². The zero-order valence-electron chi connectivity index (χ0n) is 16.9. The van der Waals surface area contributed by atoms with Crippen LogP contribution in [0.3, 0.4) is 0 Å². The Morgan fingerprint density at radius 1 is 1.38 bits per heavy atom. The molecule has 2 aliphatic rings. The summed E-state index contributed by atoms with van der Waals surface area (Å²) >= 11 is 5.24. The number of halogens is 1. The van der Waals surface area contributed by atoms with Crippen molar-refractivity contribution in [3.63, 3.8) is 0 Å². The number of rotatable bonds is 4. The summed E-state index contributed by atoms with van der Waals surface area (Å²) in [5.74, 6) is 0.397. The van der Waals surface area contributed by atoms with Crippen molar-refractivity contribution in [3.05, 3.63) is 44.6 Å². The maximum Gasteiger partial charge on any atom is 0.373 e. The van der Waals surface area contributed by atoms with Gasteiger partial charge in [0.2, 0.25) is 0 Å². The van der Waals surface area contributed by atoms with Gasteiger partial charge in [0, 0.05) is 16.1 Å². The number of carbonyl (C=O) groups excluding carboxylic acids is 1. The van der Waals surface area contributed by atoms with Crippen LogP contribution in [0.5, 0.6) is 5.75 Å². The predicted octanol–water partition coefficient (Wildman–Crippen LogP) is 4.64. The molecule has 154 valence electrons. The molecule has 2 aromatic rings. The van der Waals surface area contributed by atoms with E-state index in [9.17, 15) is 4.79 Å². The topological polar surface area (TPSA) is 63.2 Å². The fourth-order valence-electron chi connectivity index (χ4n) is 3.71. The summed E-state index contributed by atoms with van der Waals surface area (Å²) < 4.78 is 6.35. The molecule has 0 amide bonds. The van der Waals surface area contributed by atoms with Gasteiger partial charge in [-0.05, 0) is 78.7 Å². The van der Waals surface area contributed by atoms with Crippen LogP contribution in [0.15, 0.2) is 39.1 Å². The highest BCUT2D eigenvalue weighted by Crippen LogP contribution is 2.46. The average molecular weight is 478 g/mol. The highest BCUT2D eigenvalue weighted by molar-refractivity contribution is 9.10. The first-order chi connectivity index (χ1) is 13.8. The van der Waals surface area contributed by atoms with E-state index in [1.54, 1.807) is 18.4 Å². The number of nitrogens with one attached hydrogen (secondary N) is 1. The van der Waals surface area contributed by atoms with E-state index in [4.69, 9.17) is 14.6 Å². The van der Waals surface area contributed by atoms with Gasteiger partial charge in [-0.1, -0.05) is 6.07 Å². The highest BCUT2D eigenvalue weighted by Gasteiger charge is 2.44. The fourth-order valence-corrected chi connectivity index (χ4v) is 4.96. The number of fused-ring (bicyclic) bond motifs is 3. The van der Waals surface area contributed by atoms with Crippen molar-refractivity contribution in [1.29, 1.82) is 0 Å². The lowest BCUT2D eigenvalue weighted by Gasteiger charge is -2.37. The summed E-state index contributed by atoms with van der Waals surface area (Å²) in [6.07, 6.45) is 1.40. The van der Waals surface area contributed by atoms with Gasteiger partial charge in [0.25, 0.3) is 0 Å². The van der Waals surface area contributed by atoms with Crippen molar-refractivity contribution in [1.82, 2.24) is 5.48 Å². The zero-order chi connectivity index (χ0) is 20.8. The van der Waals surface area contributed by atoms with Crippen LogP contribution in [-0.4, -0.2) is 30.4 Å². The van der Waals surface area contributed by atoms with Crippen LogP contribution in [0.25, 0.3) is 0 Å². The summed E-state index contributed by atoms with van der Waals surface area (Å²) in [5, 5.41) is 2.03. The molecule has 4 rings (SSSR count). The number of thiophene rings is 1. The van der Waals surface area contributed by atoms with Gasteiger partial charge in [0.05, 0.1) is 17.6 Å². The number of hydrogen-bond donors (Lipinski definition) is 1. The average Bonchev–Trinajstić information content (AvgIpc) is 3.32. The molecule has 2 atom stereocenters. The van der Waals surface area contributed by atoms with Crippen LogP contribution in [-0.2, 0) is 16.1 Å². The number of aryl methyl sites for hydroxylation is 1. The molecule has 1 aromatic carbocycles. The molecule has 1 N–H and O–H groups in total. The molecule has 1 aromatic heterocycles. The number of hydroxylamine groups is 1. The van der Waals surface area contributed by atoms with Crippen LogP contribution in [0.1, 0.15) is 43.8 Å². The lowest BCUT2D eigenvalue weighted by atomic mass is 9.93. The number of methoxy groups -OCH3 is 1. The summed E-state index contributed by atoms with van der Waals surface area (Å²) in [6.45, 7) is 5.83. The Morgan fingerprint density at radius 2 is 2.17 bits per heavy atom. The number of carbonyl (C=O) groups is 1. The molecule has 0 bridgehead atoms. The molecule has 0 radical (unpaired) electrons. The summed E-state index contributed by atoms with van der Waals surface area (Å²) in [4.78, 5) is 26.4. The minimum Gasteiger partial charge on any atom is -0.496 e. The minimum atomic E-state index is -0.412.